The van der Waals surface area contributed by atoms with Crippen molar-refractivity contribution < 1.29 is 14.3 Å². The summed E-state index contributed by atoms with van der Waals surface area (Å²) in [6.45, 7) is 1.76. The molecule has 2 N–H and O–H groups in total. The van der Waals surface area contributed by atoms with Crippen molar-refractivity contribution in [1.29, 1.82) is 0 Å². The lowest BCUT2D eigenvalue weighted by atomic mass is 10.2. The van der Waals surface area contributed by atoms with Crippen LogP contribution >= 0.6 is 11.6 Å². The second-order valence-corrected chi connectivity index (χ2v) is 5.32. The number of nitrogens with one attached hydrogen (secondary N) is 2. The lowest BCUT2D eigenvalue weighted by Gasteiger charge is -2.18. The summed E-state index contributed by atoms with van der Waals surface area (Å²) in [4.78, 5) is 12.3. The molecule has 2 aromatic rings. The molecule has 0 aliphatic carbocycles. The van der Waals surface area contributed by atoms with Crippen molar-refractivity contribution in [2.45, 2.75) is 13.0 Å². The van der Waals surface area contributed by atoms with Crippen molar-refractivity contribution >= 4 is 28.9 Å². The van der Waals surface area contributed by atoms with Crippen molar-refractivity contribution in [3.8, 4) is 11.5 Å². The number of ether oxygens (including phenoxy) is 2. The van der Waals surface area contributed by atoms with Gasteiger partial charge in [0.2, 0.25) is 5.91 Å². The van der Waals surface area contributed by atoms with Crippen LogP contribution < -0.4 is 20.1 Å². The lowest BCUT2D eigenvalue weighted by molar-refractivity contribution is -0.116. The van der Waals surface area contributed by atoms with E-state index in [-0.39, 0.29) is 5.91 Å². The van der Waals surface area contributed by atoms with Crippen LogP contribution in [0.2, 0.25) is 5.02 Å². The first-order valence-corrected chi connectivity index (χ1v) is 7.47. The van der Waals surface area contributed by atoms with E-state index < -0.39 is 6.04 Å². The van der Waals surface area contributed by atoms with Gasteiger partial charge in [0.25, 0.3) is 0 Å². The molecule has 0 aliphatic rings. The van der Waals surface area contributed by atoms with Gasteiger partial charge in [-0.3, -0.25) is 4.79 Å². The minimum Gasteiger partial charge on any atom is -0.495 e. The Kier molecular flexibility index (Phi) is 5.71. The van der Waals surface area contributed by atoms with E-state index in [1.54, 1.807) is 26.2 Å². The second kappa shape index (κ2) is 7.74. The Morgan fingerprint density at radius 2 is 1.74 bits per heavy atom. The maximum atomic E-state index is 12.3. The summed E-state index contributed by atoms with van der Waals surface area (Å²) < 4.78 is 10.5. The van der Waals surface area contributed by atoms with Gasteiger partial charge in [0, 0.05) is 11.8 Å². The van der Waals surface area contributed by atoms with Crippen LogP contribution in [0, 0.1) is 0 Å². The number of hydrogen-bond acceptors (Lipinski definition) is 4. The molecule has 122 valence electrons. The van der Waals surface area contributed by atoms with Gasteiger partial charge in [0.15, 0.2) is 0 Å². The van der Waals surface area contributed by atoms with Crippen LogP contribution in [-0.4, -0.2) is 26.2 Å². The molecule has 0 fully saturated rings. The van der Waals surface area contributed by atoms with Gasteiger partial charge in [-0.15, -0.1) is 0 Å². The normalized spacial score (nSPS) is 11.5. The summed E-state index contributed by atoms with van der Waals surface area (Å²) in [6.07, 6.45) is 0. The van der Waals surface area contributed by atoms with Gasteiger partial charge < -0.3 is 20.1 Å². The van der Waals surface area contributed by atoms with E-state index in [1.165, 1.54) is 7.11 Å². The second-order valence-electron chi connectivity index (χ2n) is 4.91. The van der Waals surface area contributed by atoms with E-state index in [0.717, 1.165) is 5.69 Å². The average molecular weight is 335 g/mol. The van der Waals surface area contributed by atoms with Gasteiger partial charge in [-0.1, -0.05) is 29.8 Å². The maximum Gasteiger partial charge on any atom is 0.246 e. The number of amides is 1. The molecule has 0 heterocycles. The van der Waals surface area contributed by atoms with Gasteiger partial charge in [0.1, 0.15) is 17.5 Å². The van der Waals surface area contributed by atoms with Crippen LogP contribution in [0.5, 0.6) is 11.5 Å². The molecular formula is C17H19ClN2O3. The monoisotopic (exact) mass is 334 g/mol. The third kappa shape index (κ3) is 4.29. The Morgan fingerprint density at radius 1 is 1.09 bits per heavy atom. The van der Waals surface area contributed by atoms with Gasteiger partial charge in [-0.05, 0) is 25.1 Å². The minimum absolute atomic E-state index is 0.162. The Bertz CT molecular complexity index is 677. The van der Waals surface area contributed by atoms with Gasteiger partial charge in [-0.25, -0.2) is 0 Å². The minimum atomic E-state index is -0.478. The van der Waals surface area contributed by atoms with Gasteiger partial charge >= 0.3 is 0 Å². The fraction of sp³-hybridized carbons (Fsp3) is 0.235. The number of hydrogen-bond donors (Lipinski definition) is 2. The topological polar surface area (TPSA) is 59.6 Å². The van der Waals surface area contributed by atoms with Crippen LogP contribution in [0.4, 0.5) is 11.4 Å². The Hall–Kier alpha value is -2.40. The smallest absolute Gasteiger partial charge is 0.246 e. The molecule has 23 heavy (non-hydrogen) atoms. The highest BCUT2D eigenvalue weighted by molar-refractivity contribution is 6.32. The van der Waals surface area contributed by atoms with E-state index in [2.05, 4.69) is 10.6 Å². The van der Waals surface area contributed by atoms with Crippen LogP contribution in [0.15, 0.2) is 42.5 Å². The van der Waals surface area contributed by atoms with Crippen molar-refractivity contribution in [2.24, 2.45) is 0 Å². The zero-order chi connectivity index (χ0) is 16.8. The first-order valence-electron chi connectivity index (χ1n) is 7.09. The molecule has 0 saturated heterocycles. The molecule has 0 aromatic heterocycles. The first kappa shape index (κ1) is 17.0. The fourth-order valence-electron chi connectivity index (χ4n) is 2.04. The maximum absolute atomic E-state index is 12.3. The number of carbonyl (C=O) groups excluding carboxylic acids is 1. The van der Waals surface area contributed by atoms with E-state index >= 15 is 0 Å². The molecule has 0 bridgehead atoms. The molecule has 2 rings (SSSR count). The third-order valence-electron chi connectivity index (χ3n) is 3.28. The predicted octanol–water partition coefficient (Wildman–Crippen LogP) is 3.80. The van der Waals surface area contributed by atoms with Crippen LogP contribution in [0.25, 0.3) is 0 Å². The van der Waals surface area contributed by atoms with Crippen molar-refractivity contribution in [3.63, 3.8) is 0 Å². The molecular weight excluding hydrogens is 316 g/mol. The Labute approximate surface area is 140 Å². The highest BCUT2D eigenvalue weighted by Gasteiger charge is 2.17. The predicted molar refractivity (Wildman–Crippen MR) is 92.7 cm³/mol. The zero-order valence-corrected chi connectivity index (χ0v) is 14.0. The van der Waals surface area contributed by atoms with Crippen molar-refractivity contribution in [3.05, 3.63) is 47.5 Å². The molecule has 1 unspecified atom stereocenters. The summed E-state index contributed by atoms with van der Waals surface area (Å²) >= 11 is 6.13. The molecule has 1 amide bonds. The van der Waals surface area contributed by atoms with Crippen LogP contribution in [-0.2, 0) is 4.79 Å². The molecule has 0 aliphatic heterocycles. The van der Waals surface area contributed by atoms with Crippen LogP contribution in [0.1, 0.15) is 6.92 Å². The first-order chi connectivity index (χ1) is 11.0. The summed E-state index contributed by atoms with van der Waals surface area (Å²) in [7, 11) is 3.08. The molecule has 1 atom stereocenters. The number of halogens is 1. The zero-order valence-electron chi connectivity index (χ0n) is 13.2. The molecule has 0 spiro atoms. The summed E-state index contributed by atoms with van der Waals surface area (Å²) in [5.74, 6) is 0.895. The number of methoxy groups -OCH3 is 2. The summed E-state index contributed by atoms with van der Waals surface area (Å²) in [6, 6.07) is 12.1. The number of para-hydroxylation sites is 1. The quantitative estimate of drug-likeness (QED) is 0.843. The highest BCUT2D eigenvalue weighted by Crippen LogP contribution is 2.36. The van der Waals surface area contributed by atoms with E-state index in [0.29, 0.717) is 22.2 Å². The molecule has 0 radical (unpaired) electrons. The molecule has 0 saturated carbocycles. The van der Waals surface area contributed by atoms with Crippen molar-refractivity contribution in [1.82, 2.24) is 0 Å². The lowest BCUT2D eigenvalue weighted by Crippen LogP contribution is -2.32. The summed E-state index contributed by atoms with van der Waals surface area (Å²) in [5, 5.41) is 6.37. The standard InChI is InChI=1S/C17H19ClN2O3/c1-11(17(21)20-12-7-5-4-6-8-12)19-14-9-13(18)15(22-2)10-16(14)23-3/h4-11,19H,1-3H3,(H,20,21). The SMILES string of the molecule is COc1cc(OC)c(NC(C)C(=O)Nc2ccccc2)cc1Cl. The molecule has 2 aromatic carbocycles. The van der Waals surface area contributed by atoms with Crippen LogP contribution in [0.3, 0.4) is 0 Å². The third-order valence-corrected chi connectivity index (χ3v) is 3.58. The Balaban J connectivity index is 2.11. The van der Waals surface area contributed by atoms with Crippen molar-refractivity contribution in [2.75, 3.05) is 24.9 Å². The van der Waals surface area contributed by atoms with E-state index in [4.69, 9.17) is 21.1 Å². The van der Waals surface area contributed by atoms with E-state index in [1.807, 2.05) is 30.3 Å². The number of anilines is 2. The number of carbonyl (C=O) groups is 1. The van der Waals surface area contributed by atoms with Gasteiger partial charge in [-0.2, -0.15) is 0 Å². The highest BCUT2D eigenvalue weighted by atomic mass is 35.5. The molecule has 6 heteroatoms. The number of benzene rings is 2. The summed E-state index contributed by atoms with van der Waals surface area (Å²) in [5.41, 5.74) is 1.36. The fourth-order valence-corrected chi connectivity index (χ4v) is 2.28. The Morgan fingerprint density at radius 3 is 2.35 bits per heavy atom. The largest absolute Gasteiger partial charge is 0.495 e. The average Bonchev–Trinajstić information content (AvgIpc) is 2.56. The van der Waals surface area contributed by atoms with Gasteiger partial charge in [0.05, 0.1) is 24.9 Å². The number of rotatable bonds is 6. The van der Waals surface area contributed by atoms with E-state index in [9.17, 15) is 4.79 Å². The molecule has 5 nitrogen and oxygen atoms in total.